The molecule has 0 spiro atoms. The van der Waals surface area contributed by atoms with E-state index in [9.17, 15) is 9.59 Å². The molecule has 2 aromatic rings. The number of aryl methyl sites for hydroxylation is 1. The number of carbonyl (C=O) groups excluding carboxylic acids is 1. The molecule has 4 N–H and O–H groups in total. The topological polar surface area (TPSA) is 123 Å². The minimum absolute atomic E-state index is 0.00586. The number of amides is 1. The van der Waals surface area contributed by atoms with E-state index in [1.807, 2.05) is 22.6 Å². The fraction of sp³-hybridized carbons (Fsp3) is 0.333. The number of halogens is 1. The monoisotopic (exact) mass is 481 g/mol. The van der Waals surface area contributed by atoms with Gasteiger partial charge in [0.2, 0.25) is 5.91 Å². The van der Waals surface area contributed by atoms with Crippen molar-refractivity contribution in [1.29, 1.82) is 5.41 Å². The van der Waals surface area contributed by atoms with Crippen LogP contribution in [0.15, 0.2) is 35.3 Å². The maximum absolute atomic E-state index is 13.1. The third-order valence-electron chi connectivity index (χ3n) is 4.71. The van der Waals surface area contributed by atoms with Crippen LogP contribution >= 0.6 is 22.6 Å². The molecule has 3 rings (SSSR count). The zero-order valence-electron chi connectivity index (χ0n) is 14.8. The summed E-state index contributed by atoms with van der Waals surface area (Å²) in [5.74, 6) is 0.316. The molecule has 27 heavy (non-hydrogen) atoms. The number of benzene rings is 1. The van der Waals surface area contributed by atoms with Crippen molar-refractivity contribution in [1.82, 2.24) is 14.9 Å². The molecule has 1 aliphatic rings. The minimum Gasteiger partial charge on any atom is -0.384 e. The van der Waals surface area contributed by atoms with Crippen LogP contribution in [0.4, 0.5) is 0 Å². The molecule has 0 radical (unpaired) electrons. The normalized spacial score (nSPS) is 18.1. The summed E-state index contributed by atoms with van der Waals surface area (Å²) in [6, 6.07) is 7.07. The highest BCUT2D eigenvalue weighted by molar-refractivity contribution is 14.1. The summed E-state index contributed by atoms with van der Waals surface area (Å²) in [5.41, 5.74) is 5.61. The molecule has 142 valence electrons. The standard InChI is InChI=1S/C18H20IN5O3/c1-27-10-18(7-6-14-22-9-13(19)16(25)24(14)18)17(26)23-8-11-2-4-12(5-3-11)15(20)21/h2-5,9H,6-8,10H2,1H3,(H3,20,21)(H,23,26). The summed E-state index contributed by atoms with van der Waals surface area (Å²) in [6.07, 6.45) is 2.53. The van der Waals surface area contributed by atoms with Crippen molar-refractivity contribution in [3.8, 4) is 0 Å². The lowest BCUT2D eigenvalue weighted by Gasteiger charge is -2.29. The number of aromatic nitrogens is 2. The van der Waals surface area contributed by atoms with Gasteiger partial charge in [0.25, 0.3) is 5.56 Å². The number of fused-ring (bicyclic) bond motifs is 1. The number of nitrogens with zero attached hydrogens (tertiary/aromatic N) is 2. The number of rotatable bonds is 6. The Kier molecular flexibility index (Phi) is 5.61. The third-order valence-corrected chi connectivity index (χ3v) is 5.45. The summed E-state index contributed by atoms with van der Waals surface area (Å²) in [7, 11) is 1.51. The maximum atomic E-state index is 13.1. The lowest BCUT2D eigenvalue weighted by molar-refractivity contribution is -0.132. The Labute approximate surface area is 169 Å². The molecule has 0 fully saturated rings. The van der Waals surface area contributed by atoms with Gasteiger partial charge in [-0.2, -0.15) is 0 Å². The first-order chi connectivity index (χ1) is 12.9. The molecule has 0 aliphatic carbocycles. The first-order valence-electron chi connectivity index (χ1n) is 8.36. The smallest absolute Gasteiger partial charge is 0.267 e. The van der Waals surface area contributed by atoms with E-state index < -0.39 is 5.54 Å². The van der Waals surface area contributed by atoms with Crippen molar-refractivity contribution in [3.05, 3.63) is 61.3 Å². The number of nitrogen functional groups attached to an aromatic ring is 1. The molecule has 0 saturated heterocycles. The summed E-state index contributed by atoms with van der Waals surface area (Å²) in [4.78, 5) is 30.1. The molecule has 8 nitrogen and oxygen atoms in total. The molecule has 1 aromatic carbocycles. The molecule has 1 aliphatic heterocycles. The highest BCUT2D eigenvalue weighted by Gasteiger charge is 2.47. The van der Waals surface area contributed by atoms with Gasteiger partial charge in [0.15, 0.2) is 5.54 Å². The Morgan fingerprint density at radius 2 is 2.15 bits per heavy atom. The number of hydrogen-bond acceptors (Lipinski definition) is 5. The zero-order valence-corrected chi connectivity index (χ0v) is 16.9. The average molecular weight is 481 g/mol. The summed E-state index contributed by atoms with van der Waals surface area (Å²) in [5, 5.41) is 10.3. The van der Waals surface area contributed by atoms with Gasteiger partial charge >= 0.3 is 0 Å². The van der Waals surface area contributed by atoms with E-state index in [4.69, 9.17) is 15.9 Å². The Hall–Kier alpha value is -2.27. The van der Waals surface area contributed by atoms with Crippen LogP contribution in [0.2, 0.25) is 0 Å². The molecule has 0 saturated carbocycles. The van der Waals surface area contributed by atoms with Crippen LogP contribution in [0.25, 0.3) is 0 Å². The van der Waals surface area contributed by atoms with E-state index in [1.54, 1.807) is 24.3 Å². The van der Waals surface area contributed by atoms with Crippen LogP contribution in [0.3, 0.4) is 0 Å². The van der Waals surface area contributed by atoms with Gasteiger partial charge in [0.05, 0.1) is 10.2 Å². The summed E-state index contributed by atoms with van der Waals surface area (Å²) in [6.45, 7) is 0.390. The van der Waals surface area contributed by atoms with Gasteiger partial charge in [-0.25, -0.2) is 4.98 Å². The van der Waals surface area contributed by atoms with Crippen molar-refractivity contribution in [3.63, 3.8) is 0 Å². The maximum Gasteiger partial charge on any atom is 0.267 e. The fourth-order valence-corrected chi connectivity index (χ4v) is 3.70. The second-order valence-corrected chi connectivity index (χ2v) is 7.58. The van der Waals surface area contributed by atoms with Gasteiger partial charge in [-0.05, 0) is 34.6 Å². The molecule has 1 unspecified atom stereocenters. The highest BCUT2D eigenvalue weighted by Crippen LogP contribution is 2.30. The number of nitrogens with two attached hydrogens (primary N) is 1. The first-order valence-corrected chi connectivity index (χ1v) is 9.44. The highest BCUT2D eigenvalue weighted by atomic mass is 127. The van der Waals surface area contributed by atoms with E-state index >= 15 is 0 Å². The third kappa shape index (κ3) is 3.61. The van der Waals surface area contributed by atoms with Crippen LogP contribution < -0.4 is 16.6 Å². The summed E-state index contributed by atoms with van der Waals surface area (Å²) >= 11 is 1.93. The van der Waals surface area contributed by atoms with E-state index in [2.05, 4.69) is 10.3 Å². The van der Waals surface area contributed by atoms with E-state index in [0.29, 0.717) is 34.3 Å². The number of hydrogen-bond donors (Lipinski definition) is 3. The molecule has 1 aromatic heterocycles. The molecular weight excluding hydrogens is 461 g/mol. The van der Waals surface area contributed by atoms with Crippen LogP contribution in [0, 0.1) is 8.98 Å². The summed E-state index contributed by atoms with van der Waals surface area (Å²) < 4.78 is 7.25. The van der Waals surface area contributed by atoms with Crippen molar-refractivity contribution in [2.24, 2.45) is 5.73 Å². The van der Waals surface area contributed by atoms with Crippen LogP contribution in [0.5, 0.6) is 0 Å². The molecule has 1 amide bonds. The lowest BCUT2D eigenvalue weighted by Crippen LogP contribution is -2.53. The lowest BCUT2D eigenvalue weighted by atomic mass is 9.96. The number of carbonyl (C=O) groups is 1. The van der Waals surface area contributed by atoms with Crippen molar-refractivity contribution in [2.75, 3.05) is 13.7 Å². The molecule has 0 bridgehead atoms. The molecule has 9 heteroatoms. The molecular formula is C18H20IN5O3. The van der Waals surface area contributed by atoms with E-state index in [0.717, 1.165) is 5.56 Å². The van der Waals surface area contributed by atoms with Crippen molar-refractivity contribution >= 4 is 34.3 Å². The predicted molar refractivity (Wildman–Crippen MR) is 109 cm³/mol. The number of amidine groups is 1. The quantitative estimate of drug-likeness (QED) is 0.319. The fourth-order valence-electron chi connectivity index (χ4n) is 3.32. The van der Waals surface area contributed by atoms with Crippen LogP contribution in [-0.2, 0) is 28.0 Å². The largest absolute Gasteiger partial charge is 0.384 e. The second-order valence-electron chi connectivity index (χ2n) is 6.42. The zero-order chi connectivity index (χ0) is 19.6. The Balaban J connectivity index is 1.85. The average Bonchev–Trinajstić information content (AvgIpc) is 3.03. The first kappa shape index (κ1) is 19.5. The van der Waals surface area contributed by atoms with Gasteiger partial charge in [0, 0.05) is 31.8 Å². The second kappa shape index (κ2) is 7.77. The number of ether oxygens (including phenoxy) is 1. The number of nitrogens with one attached hydrogen (secondary N) is 2. The van der Waals surface area contributed by atoms with Crippen LogP contribution in [0.1, 0.15) is 23.4 Å². The Morgan fingerprint density at radius 1 is 1.44 bits per heavy atom. The van der Waals surface area contributed by atoms with E-state index in [-0.39, 0.29) is 23.9 Å². The van der Waals surface area contributed by atoms with Gasteiger partial charge in [0.1, 0.15) is 11.7 Å². The molecule has 1 atom stereocenters. The van der Waals surface area contributed by atoms with Crippen molar-refractivity contribution in [2.45, 2.75) is 24.9 Å². The van der Waals surface area contributed by atoms with Gasteiger partial charge in [-0.15, -0.1) is 0 Å². The minimum atomic E-state index is -1.10. The number of methoxy groups -OCH3 is 1. The van der Waals surface area contributed by atoms with Gasteiger partial charge < -0.3 is 15.8 Å². The van der Waals surface area contributed by atoms with Gasteiger partial charge in [-0.3, -0.25) is 19.6 Å². The Bertz CT molecular complexity index is 937. The SMILES string of the molecule is COCC1(C(=O)NCc2ccc(C(=N)N)cc2)CCc2ncc(I)c(=O)n21. The van der Waals surface area contributed by atoms with E-state index in [1.165, 1.54) is 17.9 Å². The van der Waals surface area contributed by atoms with Crippen molar-refractivity contribution < 1.29 is 9.53 Å². The molecule has 2 heterocycles. The van der Waals surface area contributed by atoms with Gasteiger partial charge in [-0.1, -0.05) is 24.3 Å². The van der Waals surface area contributed by atoms with Crippen LogP contribution in [-0.4, -0.2) is 35.0 Å². The Morgan fingerprint density at radius 3 is 2.78 bits per heavy atom. The predicted octanol–water partition coefficient (Wildman–Crippen LogP) is 0.736.